The summed E-state index contributed by atoms with van der Waals surface area (Å²) in [5, 5.41) is 6.45. The van der Waals surface area contributed by atoms with Gasteiger partial charge in [-0.15, -0.1) is 24.0 Å². The van der Waals surface area contributed by atoms with E-state index in [0.29, 0.717) is 6.42 Å². The molecule has 4 nitrogen and oxygen atoms in total. The van der Waals surface area contributed by atoms with Crippen LogP contribution in [0, 0.1) is 5.82 Å². The Balaban J connectivity index is 0.00000484. The molecule has 0 saturated carbocycles. The highest BCUT2D eigenvalue weighted by Gasteiger charge is 2.03. The predicted octanol–water partition coefficient (Wildman–Crippen LogP) is 3.73. The van der Waals surface area contributed by atoms with E-state index in [2.05, 4.69) is 31.6 Å². The Morgan fingerprint density at radius 3 is 2.57 bits per heavy atom. The van der Waals surface area contributed by atoms with Crippen LogP contribution in [0.4, 0.5) is 4.39 Å². The number of benzene rings is 1. The number of aliphatic imine (C=N–C) groups is 1. The van der Waals surface area contributed by atoms with Gasteiger partial charge in [0.05, 0.1) is 0 Å². The molecule has 0 aromatic heterocycles. The maximum atomic E-state index is 13.7. The van der Waals surface area contributed by atoms with E-state index < -0.39 is 0 Å². The molecular formula is C16H26BrFIN3O. The molecule has 1 aromatic carbocycles. The SMILES string of the molecule is CCOCCCNC(=NC)NCCCc1ccc(Br)cc1F.I. The van der Waals surface area contributed by atoms with Crippen LogP contribution in [0.25, 0.3) is 0 Å². The van der Waals surface area contributed by atoms with Gasteiger partial charge < -0.3 is 15.4 Å². The lowest BCUT2D eigenvalue weighted by Crippen LogP contribution is -2.38. The Morgan fingerprint density at radius 1 is 1.26 bits per heavy atom. The number of ether oxygens (including phenoxy) is 1. The maximum Gasteiger partial charge on any atom is 0.190 e. The summed E-state index contributed by atoms with van der Waals surface area (Å²) in [5.74, 6) is 0.612. The highest BCUT2D eigenvalue weighted by molar-refractivity contribution is 14.0. The third-order valence-electron chi connectivity index (χ3n) is 3.12. The van der Waals surface area contributed by atoms with Crippen LogP contribution in [0.2, 0.25) is 0 Å². The first-order valence-electron chi connectivity index (χ1n) is 7.63. The molecule has 0 fully saturated rings. The zero-order valence-electron chi connectivity index (χ0n) is 13.7. The molecule has 0 aliphatic carbocycles. The summed E-state index contributed by atoms with van der Waals surface area (Å²) in [6, 6.07) is 5.19. The van der Waals surface area contributed by atoms with Gasteiger partial charge in [0.2, 0.25) is 0 Å². The largest absolute Gasteiger partial charge is 0.382 e. The van der Waals surface area contributed by atoms with Crippen LogP contribution in [0.1, 0.15) is 25.3 Å². The molecule has 0 saturated heterocycles. The van der Waals surface area contributed by atoms with Gasteiger partial charge in [-0.3, -0.25) is 4.99 Å². The standard InChI is InChI=1S/C16H25BrFN3O.HI/c1-3-22-11-5-10-21-16(19-2)20-9-4-6-13-7-8-14(17)12-15(13)18;/h7-8,12H,3-6,9-11H2,1-2H3,(H2,19,20,21);1H. The van der Waals surface area contributed by atoms with Crippen molar-refractivity contribution in [3.63, 3.8) is 0 Å². The number of halogens is 3. The van der Waals surface area contributed by atoms with E-state index in [1.54, 1.807) is 7.05 Å². The zero-order valence-corrected chi connectivity index (χ0v) is 17.6. The first kappa shape index (κ1) is 22.6. The Morgan fingerprint density at radius 2 is 1.96 bits per heavy atom. The van der Waals surface area contributed by atoms with Crippen LogP contribution in [-0.2, 0) is 11.2 Å². The second kappa shape index (κ2) is 14.0. The minimum absolute atomic E-state index is 0. The summed E-state index contributed by atoms with van der Waals surface area (Å²) in [5.41, 5.74) is 0.740. The third kappa shape index (κ3) is 10.1. The molecule has 7 heteroatoms. The number of hydrogen-bond donors (Lipinski definition) is 2. The number of nitrogens with one attached hydrogen (secondary N) is 2. The minimum atomic E-state index is -0.159. The van der Waals surface area contributed by atoms with Crippen molar-refractivity contribution < 1.29 is 9.13 Å². The van der Waals surface area contributed by atoms with Gasteiger partial charge in [0.1, 0.15) is 5.82 Å². The second-order valence-corrected chi connectivity index (χ2v) is 5.73. The van der Waals surface area contributed by atoms with Crippen molar-refractivity contribution in [2.45, 2.75) is 26.2 Å². The average molecular weight is 502 g/mol. The van der Waals surface area contributed by atoms with E-state index in [4.69, 9.17) is 4.74 Å². The summed E-state index contributed by atoms with van der Waals surface area (Å²) in [6.07, 6.45) is 2.49. The molecule has 0 aliphatic rings. The van der Waals surface area contributed by atoms with Crippen molar-refractivity contribution in [2.75, 3.05) is 33.4 Å². The van der Waals surface area contributed by atoms with Gasteiger partial charge in [0.25, 0.3) is 0 Å². The molecule has 132 valence electrons. The molecule has 1 aromatic rings. The molecule has 0 unspecified atom stereocenters. The first-order valence-corrected chi connectivity index (χ1v) is 8.42. The van der Waals surface area contributed by atoms with Gasteiger partial charge in [0, 0.05) is 37.8 Å². The second-order valence-electron chi connectivity index (χ2n) is 4.82. The van der Waals surface area contributed by atoms with Crippen LogP contribution in [-0.4, -0.2) is 39.3 Å². The monoisotopic (exact) mass is 501 g/mol. The molecule has 0 amide bonds. The molecule has 2 N–H and O–H groups in total. The van der Waals surface area contributed by atoms with Crippen molar-refractivity contribution in [2.24, 2.45) is 4.99 Å². The van der Waals surface area contributed by atoms with Gasteiger partial charge in [-0.2, -0.15) is 0 Å². The molecule has 1 rings (SSSR count). The molecule has 0 spiro atoms. The molecule has 0 aliphatic heterocycles. The number of guanidine groups is 1. The van der Waals surface area contributed by atoms with Gasteiger partial charge in [-0.25, -0.2) is 4.39 Å². The zero-order chi connectivity index (χ0) is 16.2. The van der Waals surface area contributed by atoms with Gasteiger partial charge in [0.15, 0.2) is 5.96 Å². The molecule has 23 heavy (non-hydrogen) atoms. The van der Waals surface area contributed by atoms with Crippen LogP contribution < -0.4 is 10.6 Å². The van der Waals surface area contributed by atoms with E-state index in [-0.39, 0.29) is 29.8 Å². The lowest BCUT2D eigenvalue weighted by molar-refractivity contribution is 0.145. The van der Waals surface area contributed by atoms with E-state index >= 15 is 0 Å². The van der Waals surface area contributed by atoms with Crippen LogP contribution >= 0.6 is 39.9 Å². The fourth-order valence-electron chi connectivity index (χ4n) is 1.96. The number of nitrogens with zero attached hydrogens (tertiary/aromatic N) is 1. The van der Waals surface area contributed by atoms with Crippen LogP contribution in [0.3, 0.4) is 0 Å². The highest BCUT2D eigenvalue weighted by atomic mass is 127. The topological polar surface area (TPSA) is 45.6 Å². The summed E-state index contributed by atoms with van der Waals surface area (Å²) in [7, 11) is 1.74. The third-order valence-corrected chi connectivity index (χ3v) is 3.61. The molecule has 0 radical (unpaired) electrons. The summed E-state index contributed by atoms with van der Waals surface area (Å²) < 4.78 is 19.7. The Hall–Kier alpha value is -0.410. The average Bonchev–Trinajstić information content (AvgIpc) is 2.51. The fourth-order valence-corrected chi connectivity index (χ4v) is 2.29. The van der Waals surface area contributed by atoms with Gasteiger partial charge in [-0.1, -0.05) is 22.0 Å². The van der Waals surface area contributed by atoms with Crippen molar-refractivity contribution in [1.29, 1.82) is 0 Å². The number of rotatable bonds is 9. The van der Waals surface area contributed by atoms with E-state index in [0.717, 1.165) is 55.1 Å². The Kier molecular flexibility index (Phi) is 13.7. The Bertz CT molecular complexity index is 475. The predicted molar refractivity (Wildman–Crippen MR) is 108 cm³/mol. The molecule has 0 heterocycles. The summed E-state index contributed by atoms with van der Waals surface area (Å²) in [6.45, 7) is 5.06. The lowest BCUT2D eigenvalue weighted by Gasteiger charge is -2.12. The van der Waals surface area contributed by atoms with Crippen LogP contribution in [0.5, 0.6) is 0 Å². The minimum Gasteiger partial charge on any atom is -0.382 e. The fraction of sp³-hybridized carbons (Fsp3) is 0.562. The highest BCUT2D eigenvalue weighted by Crippen LogP contribution is 2.16. The first-order chi connectivity index (χ1) is 10.7. The quantitative estimate of drug-likeness (QED) is 0.234. The maximum absolute atomic E-state index is 13.7. The normalized spacial score (nSPS) is 11.0. The summed E-state index contributed by atoms with van der Waals surface area (Å²) >= 11 is 3.26. The molecule has 0 bridgehead atoms. The van der Waals surface area contributed by atoms with E-state index in [9.17, 15) is 4.39 Å². The van der Waals surface area contributed by atoms with Crippen molar-refractivity contribution in [3.05, 3.63) is 34.1 Å². The van der Waals surface area contributed by atoms with Crippen molar-refractivity contribution >= 4 is 45.9 Å². The number of aryl methyl sites for hydroxylation is 1. The van der Waals surface area contributed by atoms with Crippen molar-refractivity contribution in [1.82, 2.24) is 10.6 Å². The van der Waals surface area contributed by atoms with Crippen molar-refractivity contribution in [3.8, 4) is 0 Å². The lowest BCUT2D eigenvalue weighted by atomic mass is 10.1. The molecule has 0 atom stereocenters. The number of hydrogen-bond acceptors (Lipinski definition) is 2. The van der Waals surface area contributed by atoms with Gasteiger partial charge in [-0.05, 0) is 43.9 Å². The van der Waals surface area contributed by atoms with Crippen LogP contribution in [0.15, 0.2) is 27.7 Å². The van der Waals surface area contributed by atoms with E-state index in [1.165, 1.54) is 6.07 Å². The Labute approximate surface area is 163 Å². The summed E-state index contributed by atoms with van der Waals surface area (Å²) in [4.78, 5) is 4.15. The van der Waals surface area contributed by atoms with Gasteiger partial charge >= 0.3 is 0 Å². The van der Waals surface area contributed by atoms with E-state index in [1.807, 2.05) is 19.1 Å². The smallest absolute Gasteiger partial charge is 0.190 e. The molecular weight excluding hydrogens is 476 g/mol.